The van der Waals surface area contributed by atoms with Crippen molar-refractivity contribution in [3.8, 4) is 34.4 Å². The van der Waals surface area contributed by atoms with Gasteiger partial charge >= 0.3 is 5.97 Å². The molecule has 19 heteroatoms. The number of carbonyl (C=O) groups excluding carboxylic acids is 6. The number of aromatic nitrogens is 3. The van der Waals surface area contributed by atoms with Crippen LogP contribution in [0.3, 0.4) is 0 Å². The summed E-state index contributed by atoms with van der Waals surface area (Å²) in [4.78, 5) is 88.6. The highest BCUT2D eigenvalue weighted by Crippen LogP contribution is 2.41. The predicted octanol–water partition coefficient (Wildman–Crippen LogP) is 7.66. The SMILES string of the molecule is CC(C)CC(CC(=O)CNC(=O)CN=[N+]=[N-])C(=O)O.CNC(=O)CCCCC(=O)N1Cc2ccccc2-c2nnn(C)c2-c2ccccc21.CNC(=O)CCCCC(=O)N1Cc2ccccc2C#Cc2ccccc21. The van der Waals surface area contributed by atoms with Gasteiger partial charge in [0.2, 0.25) is 29.5 Å². The molecule has 0 saturated heterocycles. The van der Waals surface area contributed by atoms with E-state index in [1.165, 1.54) is 0 Å². The molecule has 2 aliphatic rings. The van der Waals surface area contributed by atoms with Crippen molar-refractivity contribution in [2.45, 2.75) is 91.1 Å². The third kappa shape index (κ3) is 17.0. The lowest BCUT2D eigenvalue weighted by molar-refractivity contribution is -0.144. The number of aliphatic carboxylic acids is 1. The van der Waals surface area contributed by atoms with Crippen LogP contribution in [0.2, 0.25) is 0 Å². The van der Waals surface area contributed by atoms with Crippen LogP contribution in [0.4, 0.5) is 11.4 Å². The Kier molecular flexibility index (Phi) is 22.3. The van der Waals surface area contributed by atoms with Gasteiger partial charge in [0.25, 0.3) is 0 Å². The molecular formula is C56H65N11O8. The molecule has 75 heavy (non-hydrogen) atoms. The van der Waals surface area contributed by atoms with Crippen LogP contribution in [0.15, 0.2) is 102 Å². The normalized spacial score (nSPS) is 12.0. The minimum absolute atomic E-state index is 0.00391. The first-order chi connectivity index (χ1) is 36.1. The summed E-state index contributed by atoms with van der Waals surface area (Å²) in [6.07, 6.45) is 4.75. The molecule has 5 amide bonds. The number of Topliss-reactive ketones (excluding diaryl/α,β-unsaturated/α-hetero) is 1. The van der Waals surface area contributed by atoms with Crippen LogP contribution in [0.5, 0.6) is 0 Å². The molecule has 0 radical (unpaired) electrons. The Morgan fingerprint density at radius 1 is 0.693 bits per heavy atom. The van der Waals surface area contributed by atoms with Crippen molar-refractivity contribution in [2.75, 3.05) is 37.0 Å². The maximum atomic E-state index is 13.3. The molecule has 1 unspecified atom stereocenters. The fourth-order valence-electron chi connectivity index (χ4n) is 8.50. The number of nitrogens with one attached hydrogen (secondary N) is 3. The summed E-state index contributed by atoms with van der Waals surface area (Å²) in [7, 11) is 5.13. The maximum absolute atomic E-state index is 13.3. The molecule has 19 nitrogen and oxygen atoms in total. The Hall–Kier alpha value is -8.62. The van der Waals surface area contributed by atoms with Crippen molar-refractivity contribution < 1.29 is 38.7 Å². The van der Waals surface area contributed by atoms with Crippen LogP contribution in [0.25, 0.3) is 33.0 Å². The molecule has 1 aromatic heterocycles. The van der Waals surface area contributed by atoms with Crippen molar-refractivity contribution >= 4 is 52.7 Å². The second-order valence-electron chi connectivity index (χ2n) is 18.3. The van der Waals surface area contributed by atoms with Crippen molar-refractivity contribution in [3.05, 3.63) is 130 Å². The second kappa shape index (κ2) is 29.2. The number of carboxylic acid groups (broad SMARTS) is 1. The summed E-state index contributed by atoms with van der Waals surface area (Å²) in [6, 6.07) is 31.6. The monoisotopic (exact) mass is 1020 g/mol. The van der Waals surface area contributed by atoms with Crippen molar-refractivity contribution in [2.24, 2.45) is 24.0 Å². The van der Waals surface area contributed by atoms with Gasteiger partial charge in [-0.3, -0.25) is 33.6 Å². The molecule has 392 valence electrons. The number of aryl methyl sites for hydroxylation is 1. The smallest absolute Gasteiger partial charge is 0.306 e. The fraction of sp³-hybridized carbons (Fsp3) is 0.375. The summed E-state index contributed by atoms with van der Waals surface area (Å²) >= 11 is 0. The van der Waals surface area contributed by atoms with Gasteiger partial charge in [-0.25, -0.2) is 4.68 Å². The Labute approximate surface area is 437 Å². The van der Waals surface area contributed by atoms with Crippen molar-refractivity contribution in [1.82, 2.24) is 30.9 Å². The van der Waals surface area contributed by atoms with Crippen LogP contribution in [0, 0.1) is 23.7 Å². The van der Waals surface area contributed by atoms with Gasteiger partial charge < -0.3 is 30.9 Å². The number of rotatable bonds is 19. The minimum Gasteiger partial charge on any atom is -0.481 e. The average molecular weight is 1020 g/mol. The number of para-hydroxylation sites is 2. The predicted molar refractivity (Wildman–Crippen MR) is 285 cm³/mol. The van der Waals surface area contributed by atoms with E-state index in [0.717, 1.165) is 56.1 Å². The molecule has 4 N–H and O–H groups in total. The van der Waals surface area contributed by atoms with Crippen molar-refractivity contribution in [1.29, 1.82) is 0 Å². The summed E-state index contributed by atoms with van der Waals surface area (Å²) in [5.74, 6) is 4.05. The summed E-state index contributed by atoms with van der Waals surface area (Å²) in [6.45, 7) is 4.11. The van der Waals surface area contributed by atoms with Crippen molar-refractivity contribution in [3.63, 3.8) is 0 Å². The molecule has 0 aliphatic carbocycles. The van der Waals surface area contributed by atoms with E-state index in [-0.39, 0.29) is 54.8 Å². The number of hydrogen-bond donors (Lipinski definition) is 4. The van der Waals surface area contributed by atoms with Gasteiger partial charge in [0.05, 0.1) is 42.6 Å². The lowest BCUT2D eigenvalue weighted by Crippen LogP contribution is -2.32. The molecule has 5 aromatic rings. The second-order valence-corrected chi connectivity index (χ2v) is 18.3. The van der Waals surface area contributed by atoms with E-state index in [1.54, 1.807) is 18.8 Å². The lowest BCUT2D eigenvalue weighted by Gasteiger charge is -2.28. The standard InChI is InChI=1S/C23H25N5O2.C22H22N2O2.C11H18N4O4/c1-24-20(29)13-7-8-14-21(30)28-15-16-9-3-4-10-17(16)22-23(27(2)26-25-22)18-11-5-6-12-19(18)28;1-23-21(25)12-6-7-13-22(26)24-16-19-10-3-2-8-17(19)14-15-18-9-4-5-11-20(18)24;1-7(2)3-8(11(18)19)4-9(16)5-13-10(17)6-14-15-12/h3-6,9-12H,7-8,13-15H2,1-2H3,(H,24,29);2-5,8-11H,6-7,12-13,16H2,1H3,(H,23,25);7-8H,3-6H2,1-2H3,(H,13,17)(H,18,19). The van der Waals surface area contributed by atoms with Gasteiger partial charge in [0, 0.05) is 80.4 Å². The molecule has 1 atom stereocenters. The molecule has 4 aromatic carbocycles. The highest BCUT2D eigenvalue weighted by molar-refractivity contribution is 6.00. The third-order valence-corrected chi connectivity index (χ3v) is 12.3. The summed E-state index contributed by atoms with van der Waals surface area (Å²) in [5.41, 5.74) is 17.3. The van der Waals surface area contributed by atoms with E-state index >= 15 is 0 Å². The van der Waals surface area contributed by atoms with E-state index < -0.39 is 17.8 Å². The number of ketones is 1. The van der Waals surface area contributed by atoms with Gasteiger partial charge in [-0.15, -0.1) is 5.10 Å². The van der Waals surface area contributed by atoms with Crippen LogP contribution >= 0.6 is 0 Å². The first-order valence-electron chi connectivity index (χ1n) is 25.0. The van der Waals surface area contributed by atoms with E-state index in [1.807, 2.05) is 128 Å². The fourth-order valence-corrected chi connectivity index (χ4v) is 8.50. The quantitative estimate of drug-likeness (QED) is 0.0206. The molecule has 0 fully saturated rings. The number of azide groups is 1. The number of hydrogen-bond acceptors (Lipinski definition) is 10. The zero-order chi connectivity index (χ0) is 54.3. The average Bonchev–Trinajstić information content (AvgIpc) is 3.79. The summed E-state index contributed by atoms with van der Waals surface area (Å²) < 4.78 is 1.77. The number of unbranched alkanes of at least 4 members (excludes halogenated alkanes) is 2. The topological polar surface area (TPSA) is 262 Å². The van der Waals surface area contributed by atoms with E-state index in [2.05, 4.69) is 48.1 Å². The minimum atomic E-state index is -1.01. The molecule has 0 saturated carbocycles. The van der Waals surface area contributed by atoms with Gasteiger partial charge in [-0.2, -0.15) is 0 Å². The van der Waals surface area contributed by atoms with Gasteiger partial charge in [-0.05, 0) is 78.9 Å². The van der Waals surface area contributed by atoms with Gasteiger partial charge in [-0.1, -0.05) is 109 Å². The summed E-state index contributed by atoms with van der Waals surface area (Å²) in [5, 5.41) is 28.2. The zero-order valence-electron chi connectivity index (χ0n) is 43.2. The zero-order valence-corrected chi connectivity index (χ0v) is 43.2. The Bertz CT molecular complexity index is 2950. The molecule has 0 spiro atoms. The highest BCUT2D eigenvalue weighted by Gasteiger charge is 2.29. The number of benzene rings is 4. The maximum Gasteiger partial charge on any atom is 0.306 e. The number of carbonyl (C=O) groups is 7. The Morgan fingerprint density at radius 2 is 1.21 bits per heavy atom. The molecule has 3 heterocycles. The number of carboxylic acids is 1. The van der Waals surface area contributed by atoms with Crippen LogP contribution in [0.1, 0.15) is 100 Å². The first-order valence-corrected chi connectivity index (χ1v) is 25.0. The van der Waals surface area contributed by atoms with Gasteiger partial charge in [0.1, 0.15) is 12.2 Å². The molecular weight excluding hydrogens is 955 g/mol. The lowest BCUT2D eigenvalue weighted by atomic mass is 9.92. The first kappa shape index (κ1) is 57.3. The molecule has 2 aliphatic heterocycles. The van der Waals surface area contributed by atoms with Gasteiger partial charge in [0.15, 0.2) is 5.78 Å². The van der Waals surface area contributed by atoms with E-state index in [4.69, 9.17) is 10.6 Å². The number of fused-ring (bicyclic) bond motifs is 7. The van der Waals surface area contributed by atoms with E-state index in [9.17, 15) is 33.6 Å². The molecule has 7 rings (SSSR count). The number of nitrogens with zero attached hydrogens (tertiary/aromatic N) is 8. The highest BCUT2D eigenvalue weighted by atomic mass is 16.4. The molecule has 0 bridgehead atoms. The van der Waals surface area contributed by atoms with Crippen LogP contribution < -0.4 is 25.8 Å². The number of anilines is 2. The van der Waals surface area contributed by atoms with Crippen LogP contribution in [-0.4, -0.2) is 88.6 Å². The van der Waals surface area contributed by atoms with Crippen LogP contribution in [-0.2, 0) is 53.7 Å². The Balaban J connectivity index is 0.000000214. The third-order valence-electron chi connectivity index (χ3n) is 12.3. The largest absolute Gasteiger partial charge is 0.481 e. The number of amides is 5. The van der Waals surface area contributed by atoms with E-state index in [0.29, 0.717) is 70.9 Å². The Morgan fingerprint density at radius 3 is 1.83 bits per heavy atom.